The van der Waals surface area contributed by atoms with Crippen LogP contribution in [0.2, 0.25) is 0 Å². The van der Waals surface area contributed by atoms with Gasteiger partial charge in [0.05, 0.1) is 17.8 Å². The monoisotopic (exact) mass is 435 g/mol. The van der Waals surface area contributed by atoms with Crippen LogP contribution in [0.3, 0.4) is 0 Å². The van der Waals surface area contributed by atoms with E-state index in [1.54, 1.807) is 24.4 Å². The molecule has 3 N–H and O–H groups in total. The summed E-state index contributed by atoms with van der Waals surface area (Å²) in [5.41, 5.74) is 6.68. The van der Waals surface area contributed by atoms with E-state index in [9.17, 15) is 9.18 Å². The van der Waals surface area contributed by atoms with Crippen LogP contribution < -0.4 is 21.4 Å². The van der Waals surface area contributed by atoms with Gasteiger partial charge in [0.2, 0.25) is 0 Å². The van der Waals surface area contributed by atoms with E-state index in [-0.39, 0.29) is 11.6 Å². The summed E-state index contributed by atoms with van der Waals surface area (Å²) in [6, 6.07) is 16.6. The Morgan fingerprint density at radius 3 is 2.59 bits per heavy atom. The van der Waals surface area contributed by atoms with Gasteiger partial charge in [-0.1, -0.05) is 30.3 Å². The van der Waals surface area contributed by atoms with Crippen LogP contribution in [0.5, 0.6) is 11.8 Å². The van der Waals surface area contributed by atoms with E-state index in [1.165, 1.54) is 29.0 Å². The number of aromatic nitrogens is 3. The second-order valence-electron chi connectivity index (χ2n) is 6.89. The number of hydrogen-bond acceptors (Lipinski definition) is 7. The van der Waals surface area contributed by atoms with Crippen LogP contribution in [0.1, 0.15) is 0 Å². The Kier molecular flexibility index (Phi) is 6.69. The zero-order valence-electron chi connectivity index (χ0n) is 17.2. The van der Waals surface area contributed by atoms with Crippen molar-refractivity contribution in [2.24, 2.45) is 5.73 Å². The van der Waals surface area contributed by atoms with Crippen molar-refractivity contribution in [3.8, 4) is 34.3 Å². The van der Waals surface area contributed by atoms with E-state index in [4.69, 9.17) is 15.0 Å². The maximum Gasteiger partial charge on any atom is 0.366 e. The molecule has 2 aromatic heterocycles. The Morgan fingerprint density at radius 1 is 1.06 bits per heavy atom. The van der Waals surface area contributed by atoms with Gasteiger partial charge in [0.25, 0.3) is 0 Å². The smallest absolute Gasteiger partial charge is 0.366 e. The Labute approximate surface area is 183 Å². The molecule has 9 heteroatoms. The van der Waals surface area contributed by atoms with Gasteiger partial charge in [-0.15, -0.1) is 0 Å². The molecule has 0 atom stereocenters. The van der Waals surface area contributed by atoms with Crippen molar-refractivity contribution in [1.82, 2.24) is 20.0 Å². The first-order chi connectivity index (χ1) is 15.7. The standard InChI is InChI=1S/C23H22FN5O3/c24-17-8-6-16(7-9-17)20-21(29(32-22(20)30)15-14-26-13-11-25)19-10-12-27-23(28-19)31-18-4-2-1-3-5-18/h1-10,12,26H,11,13-15,25H2. The second kappa shape index (κ2) is 9.99. The lowest BCUT2D eigenvalue weighted by Gasteiger charge is -2.10. The Morgan fingerprint density at radius 2 is 1.84 bits per heavy atom. The van der Waals surface area contributed by atoms with Gasteiger partial charge in [-0.3, -0.25) is 0 Å². The van der Waals surface area contributed by atoms with Crippen molar-refractivity contribution in [2.45, 2.75) is 6.54 Å². The molecule has 8 nitrogen and oxygen atoms in total. The van der Waals surface area contributed by atoms with Crippen LogP contribution in [-0.2, 0) is 6.54 Å². The minimum Gasteiger partial charge on any atom is -0.424 e. The molecule has 0 aliphatic carbocycles. The molecular weight excluding hydrogens is 413 g/mol. The maximum atomic E-state index is 13.5. The van der Waals surface area contributed by atoms with E-state index < -0.39 is 11.4 Å². The van der Waals surface area contributed by atoms with E-state index in [0.717, 1.165) is 0 Å². The highest BCUT2D eigenvalue weighted by Crippen LogP contribution is 2.30. The first kappa shape index (κ1) is 21.4. The van der Waals surface area contributed by atoms with Crippen molar-refractivity contribution in [3.63, 3.8) is 0 Å². The molecule has 0 fully saturated rings. The van der Waals surface area contributed by atoms with Crippen molar-refractivity contribution >= 4 is 0 Å². The van der Waals surface area contributed by atoms with E-state index >= 15 is 0 Å². The predicted octanol–water partition coefficient (Wildman–Crippen LogP) is 3.05. The third kappa shape index (κ3) is 4.90. The maximum absolute atomic E-state index is 13.5. The SMILES string of the molecule is NCCNCCn1oc(=O)c(-c2ccc(F)cc2)c1-c1ccnc(Oc2ccccc2)n1. The van der Waals surface area contributed by atoms with Crippen LogP contribution in [-0.4, -0.2) is 34.3 Å². The molecule has 0 amide bonds. The zero-order valence-corrected chi connectivity index (χ0v) is 17.2. The molecule has 0 unspecified atom stereocenters. The Bertz CT molecular complexity index is 1220. The van der Waals surface area contributed by atoms with Crippen LogP contribution in [0.25, 0.3) is 22.5 Å². The highest BCUT2D eigenvalue weighted by Gasteiger charge is 2.22. The fourth-order valence-electron chi connectivity index (χ4n) is 3.22. The number of benzene rings is 2. The van der Waals surface area contributed by atoms with E-state index in [2.05, 4.69) is 15.3 Å². The number of ether oxygens (including phenoxy) is 1. The van der Waals surface area contributed by atoms with Gasteiger partial charge in [-0.2, -0.15) is 4.98 Å². The highest BCUT2D eigenvalue weighted by molar-refractivity contribution is 5.78. The lowest BCUT2D eigenvalue weighted by Crippen LogP contribution is -2.26. The molecule has 0 aliphatic rings. The lowest BCUT2D eigenvalue weighted by atomic mass is 10.0. The molecule has 4 rings (SSSR count). The summed E-state index contributed by atoms with van der Waals surface area (Å²) in [6.45, 7) is 2.03. The first-order valence-electron chi connectivity index (χ1n) is 10.1. The summed E-state index contributed by atoms with van der Waals surface area (Å²) in [5.74, 6) is 0.185. The van der Waals surface area contributed by atoms with Gasteiger partial charge in [-0.05, 0) is 35.9 Å². The molecule has 2 aromatic carbocycles. The Balaban J connectivity index is 1.76. The fraction of sp³-hybridized carbons (Fsp3) is 0.174. The first-order valence-corrected chi connectivity index (χ1v) is 10.1. The molecule has 4 aromatic rings. The highest BCUT2D eigenvalue weighted by atomic mass is 19.1. The van der Waals surface area contributed by atoms with Crippen LogP contribution >= 0.6 is 0 Å². The number of nitrogens with one attached hydrogen (secondary N) is 1. The molecule has 0 radical (unpaired) electrons. The number of hydrogen-bond donors (Lipinski definition) is 2. The van der Waals surface area contributed by atoms with Gasteiger partial charge in [0, 0.05) is 25.8 Å². The number of rotatable bonds is 9. The molecule has 0 bridgehead atoms. The number of nitrogens with zero attached hydrogens (tertiary/aromatic N) is 3. The van der Waals surface area contributed by atoms with Gasteiger partial charge in [0.1, 0.15) is 17.3 Å². The van der Waals surface area contributed by atoms with E-state index in [1.807, 2.05) is 18.2 Å². The average Bonchev–Trinajstić information content (AvgIpc) is 3.14. The van der Waals surface area contributed by atoms with Gasteiger partial charge < -0.3 is 20.3 Å². The molecule has 0 spiro atoms. The number of nitrogens with two attached hydrogens (primary N) is 1. The van der Waals surface area contributed by atoms with E-state index in [0.29, 0.717) is 48.9 Å². The van der Waals surface area contributed by atoms with Gasteiger partial charge >= 0.3 is 11.6 Å². The average molecular weight is 435 g/mol. The lowest BCUT2D eigenvalue weighted by molar-refractivity contribution is 0.253. The zero-order chi connectivity index (χ0) is 22.3. The van der Waals surface area contributed by atoms with Crippen LogP contribution in [0.15, 0.2) is 76.2 Å². The summed E-state index contributed by atoms with van der Waals surface area (Å²) in [7, 11) is 0. The molecule has 0 saturated carbocycles. The topological polar surface area (TPSA) is 108 Å². The molecule has 164 valence electrons. The van der Waals surface area contributed by atoms with Gasteiger partial charge in [-0.25, -0.2) is 18.9 Å². The van der Waals surface area contributed by atoms with Gasteiger partial charge in [0.15, 0.2) is 0 Å². The van der Waals surface area contributed by atoms with Crippen molar-refractivity contribution in [1.29, 1.82) is 0 Å². The predicted molar refractivity (Wildman–Crippen MR) is 118 cm³/mol. The summed E-state index contributed by atoms with van der Waals surface area (Å²) < 4.78 is 26.2. The second-order valence-corrected chi connectivity index (χ2v) is 6.89. The summed E-state index contributed by atoms with van der Waals surface area (Å²) in [4.78, 5) is 21.5. The quantitative estimate of drug-likeness (QED) is 0.389. The molecule has 0 saturated heterocycles. The third-order valence-corrected chi connectivity index (χ3v) is 4.66. The minimum atomic E-state index is -0.547. The molecular formula is C23H22FN5O3. The van der Waals surface area contributed by atoms with Crippen LogP contribution in [0.4, 0.5) is 4.39 Å². The number of para-hydroxylation sites is 1. The van der Waals surface area contributed by atoms with Crippen molar-refractivity contribution in [3.05, 3.63) is 83.1 Å². The number of halogens is 1. The molecule has 32 heavy (non-hydrogen) atoms. The summed E-state index contributed by atoms with van der Waals surface area (Å²) in [5, 5.41) is 3.17. The third-order valence-electron chi connectivity index (χ3n) is 4.66. The van der Waals surface area contributed by atoms with Crippen LogP contribution in [0, 0.1) is 5.82 Å². The molecule has 0 aliphatic heterocycles. The summed E-state index contributed by atoms with van der Waals surface area (Å²) in [6.07, 6.45) is 1.55. The largest absolute Gasteiger partial charge is 0.424 e. The minimum absolute atomic E-state index is 0.125. The fourth-order valence-corrected chi connectivity index (χ4v) is 3.22. The van der Waals surface area contributed by atoms with Crippen molar-refractivity contribution in [2.75, 3.05) is 19.6 Å². The Hall–Kier alpha value is -3.82. The van der Waals surface area contributed by atoms with Crippen molar-refractivity contribution < 1.29 is 13.7 Å². The summed E-state index contributed by atoms with van der Waals surface area (Å²) >= 11 is 0. The normalized spacial score (nSPS) is 10.9. The molecule has 2 heterocycles.